The molecule has 0 atom stereocenters. The van der Waals surface area contributed by atoms with Crippen molar-refractivity contribution in [3.63, 3.8) is 0 Å². The monoisotopic (exact) mass is 226 g/mol. The summed E-state index contributed by atoms with van der Waals surface area (Å²) in [5, 5.41) is 10.4. The van der Waals surface area contributed by atoms with Gasteiger partial charge in [-0.05, 0) is 31.0 Å². The molecular formula is C11H18N2OS. The number of nitriles is 1. The predicted octanol–water partition coefficient (Wildman–Crippen LogP) is 2.38. The standard InChI is InChI=1S/C11H18N2OS/c12-10-15-9-5-6-11(14)13-7-3-1-2-4-8-13/h1-9H2. The van der Waals surface area contributed by atoms with Gasteiger partial charge in [0.1, 0.15) is 5.40 Å². The molecule has 0 aliphatic carbocycles. The quantitative estimate of drug-likeness (QED) is 0.546. The fourth-order valence-corrected chi connectivity index (χ4v) is 2.20. The molecule has 0 N–H and O–H groups in total. The minimum atomic E-state index is 0.274. The summed E-state index contributed by atoms with van der Waals surface area (Å²) in [6, 6.07) is 0. The molecule has 0 radical (unpaired) electrons. The van der Waals surface area contributed by atoms with Gasteiger partial charge in [-0.15, -0.1) is 0 Å². The Kier molecular flexibility index (Phi) is 6.26. The molecule has 0 aromatic rings. The van der Waals surface area contributed by atoms with Crippen LogP contribution in [0.2, 0.25) is 0 Å². The number of hydrogen-bond donors (Lipinski definition) is 0. The molecule has 0 spiro atoms. The molecule has 1 heterocycles. The van der Waals surface area contributed by atoms with E-state index in [0.717, 1.165) is 38.1 Å². The van der Waals surface area contributed by atoms with Crippen molar-refractivity contribution < 1.29 is 4.79 Å². The molecule has 84 valence electrons. The van der Waals surface area contributed by atoms with E-state index in [1.54, 1.807) is 0 Å². The lowest BCUT2D eigenvalue weighted by Crippen LogP contribution is -2.31. The Bertz CT molecular complexity index is 229. The minimum Gasteiger partial charge on any atom is -0.343 e. The lowest BCUT2D eigenvalue weighted by molar-refractivity contribution is -0.131. The molecule has 1 rings (SSSR count). The van der Waals surface area contributed by atoms with Crippen LogP contribution in [0.1, 0.15) is 38.5 Å². The summed E-state index contributed by atoms with van der Waals surface area (Å²) in [4.78, 5) is 13.7. The fraction of sp³-hybridized carbons (Fsp3) is 0.818. The number of thioether (sulfide) groups is 1. The van der Waals surface area contributed by atoms with Crippen molar-refractivity contribution in [1.29, 1.82) is 5.26 Å². The summed E-state index contributed by atoms with van der Waals surface area (Å²) < 4.78 is 0. The maximum atomic E-state index is 11.7. The van der Waals surface area contributed by atoms with Gasteiger partial charge < -0.3 is 4.90 Å². The first kappa shape index (κ1) is 12.4. The maximum Gasteiger partial charge on any atom is 0.222 e. The van der Waals surface area contributed by atoms with Crippen LogP contribution in [-0.4, -0.2) is 29.6 Å². The van der Waals surface area contributed by atoms with Gasteiger partial charge >= 0.3 is 0 Å². The number of thiocyanates is 1. The van der Waals surface area contributed by atoms with E-state index < -0.39 is 0 Å². The van der Waals surface area contributed by atoms with Crippen molar-refractivity contribution >= 4 is 17.7 Å². The van der Waals surface area contributed by atoms with Crippen LogP contribution in [0.4, 0.5) is 0 Å². The molecule has 3 nitrogen and oxygen atoms in total. The van der Waals surface area contributed by atoms with E-state index in [-0.39, 0.29) is 5.91 Å². The highest BCUT2D eigenvalue weighted by Crippen LogP contribution is 2.12. The highest BCUT2D eigenvalue weighted by atomic mass is 32.2. The average molecular weight is 226 g/mol. The Morgan fingerprint density at radius 1 is 1.27 bits per heavy atom. The van der Waals surface area contributed by atoms with Gasteiger partial charge in [-0.25, -0.2) is 0 Å². The summed E-state index contributed by atoms with van der Waals surface area (Å²) in [5.74, 6) is 1.05. The summed E-state index contributed by atoms with van der Waals surface area (Å²) in [6.45, 7) is 1.87. The normalized spacial score (nSPS) is 16.9. The SMILES string of the molecule is N#CSCCCC(=O)N1CCCCCC1. The second kappa shape index (κ2) is 7.58. The summed E-state index contributed by atoms with van der Waals surface area (Å²) in [7, 11) is 0. The van der Waals surface area contributed by atoms with E-state index in [1.165, 1.54) is 24.6 Å². The van der Waals surface area contributed by atoms with Crippen LogP contribution in [0.25, 0.3) is 0 Å². The van der Waals surface area contributed by atoms with Gasteiger partial charge in [0.25, 0.3) is 0 Å². The third kappa shape index (κ3) is 5.08. The van der Waals surface area contributed by atoms with Crippen molar-refractivity contribution in [3.8, 4) is 5.40 Å². The average Bonchev–Trinajstić information content (AvgIpc) is 2.52. The van der Waals surface area contributed by atoms with Crippen molar-refractivity contribution in [3.05, 3.63) is 0 Å². The zero-order chi connectivity index (χ0) is 10.9. The molecule has 0 saturated carbocycles. The molecule has 0 aromatic carbocycles. The largest absolute Gasteiger partial charge is 0.343 e. The molecule has 1 aliphatic heterocycles. The van der Waals surface area contributed by atoms with Crippen LogP contribution < -0.4 is 0 Å². The van der Waals surface area contributed by atoms with Crippen LogP contribution in [0, 0.1) is 10.7 Å². The predicted molar refractivity (Wildman–Crippen MR) is 62.4 cm³/mol. The van der Waals surface area contributed by atoms with Gasteiger partial charge in [0, 0.05) is 25.3 Å². The first-order valence-electron chi connectivity index (χ1n) is 5.63. The number of amides is 1. The highest BCUT2D eigenvalue weighted by Gasteiger charge is 2.14. The molecule has 0 aromatic heterocycles. The molecule has 1 aliphatic rings. The second-order valence-corrected chi connectivity index (χ2v) is 4.72. The van der Waals surface area contributed by atoms with Crippen molar-refractivity contribution in [2.24, 2.45) is 0 Å². The Morgan fingerprint density at radius 3 is 2.53 bits per heavy atom. The second-order valence-electron chi connectivity index (χ2n) is 3.84. The molecule has 1 saturated heterocycles. The van der Waals surface area contributed by atoms with Gasteiger partial charge in [0.2, 0.25) is 5.91 Å². The Labute approximate surface area is 95.8 Å². The van der Waals surface area contributed by atoms with E-state index in [2.05, 4.69) is 0 Å². The molecule has 15 heavy (non-hydrogen) atoms. The van der Waals surface area contributed by atoms with Crippen LogP contribution >= 0.6 is 11.8 Å². The number of likely N-dealkylation sites (tertiary alicyclic amines) is 1. The lowest BCUT2D eigenvalue weighted by Gasteiger charge is -2.19. The van der Waals surface area contributed by atoms with Crippen LogP contribution in [0.5, 0.6) is 0 Å². The number of rotatable bonds is 4. The number of carbonyl (C=O) groups is 1. The third-order valence-electron chi connectivity index (χ3n) is 2.66. The summed E-state index contributed by atoms with van der Waals surface area (Å²) >= 11 is 1.24. The summed E-state index contributed by atoms with van der Waals surface area (Å²) in [5.41, 5.74) is 0. The smallest absolute Gasteiger partial charge is 0.222 e. The Balaban J connectivity index is 2.17. The first-order valence-corrected chi connectivity index (χ1v) is 6.62. The first-order chi connectivity index (χ1) is 7.34. The van der Waals surface area contributed by atoms with Gasteiger partial charge in [0.15, 0.2) is 0 Å². The lowest BCUT2D eigenvalue weighted by atomic mass is 10.2. The highest BCUT2D eigenvalue weighted by molar-refractivity contribution is 8.03. The van der Waals surface area contributed by atoms with E-state index in [9.17, 15) is 4.79 Å². The maximum absolute atomic E-state index is 11.7. The van der Waals surface area contributed by atoms with Crippen molar-refractivity contribution in [1.82, 2.24) is 4.90 Å². The molecule has 1 fully saturated rings. The molecule has 0 unspecified atom stereocenters. The van der Waals surface area contributed by atoms with E-state index in [0.29, 0.717) is 6.42 Å². The van der Waals surface area contributed by atoms with Gasteiger partial charge in [-0.1, -0.05) is 12.8 Å². The van der Waals surface area contributed by atoms with E-state index in [1.807, 2.05) is 10.3 Å². The molecule has 1 amide bonds. The number of carbonyl (C=O) groups excluding carboxylic acids is 1. The minimum absolute atomic E-state index is 0.274. The van der Waals surface area contributed by atoms with Gasteiger partial charge in [0.05, 0.1) is 0 Å². The summed E-state index contributed by atoms with van der Waals surface area (Å²) in [6.07, 6.45) is 6.25. The van der Waals surface area contributed by atoms with Crippen molar-refractivity contribution in [2.45, 2.75) is 38.5 Å². The number of nitrogens with zero attached hydrogens (tertiary/aromatic N) is 2. The molecular weight excluding hydrogens is 208 g/mol. The van der Waals surface area contributed by atoms with Crippen molar-refractivity contribution in [2.75, 3.05) is 18.8 Å². The zero-order valence-electron chi connectivity index (χ0n) is 9.07. The van der Waals surface area contributed by atoms with Gasteiger partial charge in [-0.3, -0.25) is 4.79 Å². The topological polar surface area (TPSA) is 44.1 Å². The molecule has 0 bridgehead atoms. The fourth-order valence-electron chi connectivity index (χ4n) is 1.82. The third-order valence-corrected chi connectivity index (χ3v) is 3.28. The zero-order valence-corrected chi connectivity index (χ0v) is 9.89. The van der Waals surface area contributed by atoms with Gasteiger partial charge in [-0.2, -0.15) is 5.26 Å². The number of hydrogen-bond acceptors (Lipinski definition) is 3. The Morgan fingerprint density at radius 2 is 1.93 bits per heavy atom. The van der Waals surface area contributed by atoms with E-state index in [4.69, 9.17) is 5.26 Å². The Hall–Kier alpha value is -0.690. The van der Waals surface area contributed by atoms with Crippen LogP contribution in [-0.2, 0) is 4.79 Å². The molecule has 4 heteroatoms. The van der Waals surface area contributed by atoms with E-state index >= 15 is 0 Å². The van der Waals surface area contributed by atoms with Crippen LogP contribution in [0.3, 0.4) is 0 Å². The van der Waals surface area contributed by atoms with Crippen LogP contribution in [0.15, 0.2) is 0 Å².